The van der Waals surface area contributed by atoms with Crippen LogP contribution < -0.4 is 20.3 Å². The van der Waals surface area contributed by atoms with Crippen molar-refractivity contribution < 1.29 is 14.3 Å². The van der Waals surface area contributed by atoms with Crippen LogP contribution in [0.2, 0.25) is 0 Å². The predicted octanol–water partition coefficient (Wildman–Crippen LogP) is 4.98. The number of anilines is 1. The van der Waals surface area contributed by atoms with Crippen LogP contribution in [-0.2, 0) is 4.79 Å². The second kappa shape index (κ2) is 10.5. The van der Waals surface area contributed by atoms with Crippen molar-refractivity contribution in [2.24, 2.45) is 0 Å². The van der Waals surface area contributed by atoms with Crippen molar-refractivity contribution in [3.8, 4) is 17.2 Å². The normalized spacial score (nSPS) is 10.8. The van der Waals surface area contributed by atoms with E-state index < -0.39 is 0 Å². The van der Waals surface area contributed by atoms with E-state index in [9.17, 15) is 9.59 Å². The standard InChI is InChI=1S/C24H23N3O4S2/c1-3-30-19-11-10-16(14-20(19)31-4-2)25-21(28)15-33-24-26-22-18(12-13-32-22)23(29)27(24)17-8-6-5-7-9-17/h5-14H,3-4,15H2,1-2H3,(H,25,28). The molecule has 0 atom stereocenters. The van der Waals surface area contributed by atoms with Gasteiger partial charge in [-0.3, -0.25) is 14.2 Å². The molecular formula is C24H23N3O4S2. The van der Waals surface area contributed by atoms with Gasteiger partial charge in [0.25, 0.3) is 5.56 Å². The van der Waals surface area contributed by atoms with Crippen molar-refractivity contribution in [3.05, 3.63) is 70.3 Å². The SMILES string of the molecule is CCOc1ccc(NC(=O)CSc2nc3sccc3c(=O)n2-c2ccccc2)cc1OCC. The maximum atomic E-state index is 13.1. The summed E-state index contributed by atoms with van der Waals surface area (Å²) in [5, 5.41) is 5.76. The molecule has 2 heterocycles. The molecule has 0 bridgehead atoms. The van der Waals surface area contributed by atoms with Crippen LogP contribution in [0.1, 0.15) is 13.8 Å². The summed E-state index contributed by atoms with van der Waals surface area (Å²) in [4.78, 5) is 31.1. The quantitative estimate of drug-likeness (QED) is 0.268. The number of nitrogens with one attached hydrogen (secondary N) is 1. The number of nitrogens with zero attached hydrogens (tertiary/aromatic N) is 2. The molecule has 0 aliphatic carbocycles. The van der Waals surface area contributed by atoms with Gasteiger partial charge in [-0.05, 0) is 49.6 Å². The number of carbonyl (C=O) groups is 1. The molecule has 0 saturated carbocycles. The molecule has 0 fully saturated rings. The van der Waals surface area contributed by atoms with E-state index >= 15 is 0 Å². The molecule has 1 N–H and O–H groups in total. The topological polar surface area (TPSA) is 82.5 Å². The number of benzene rings is 2. The fraction of sp³-hybridized carbons (Fsp3) is 0.208. The molecule has 9 heteroatoms. The number of thioether (sulfide) groups is 1. The fourth-order valence-corrected chi connectivity index (χ4v) is 4.87. The van der Waals surface area contributed by atoms with Gasteiger partial charge in [-0.2, -0.15) is 0 Å². The van der Waals surface area contributed by atoms with E-state index in [0.29, 0.717) is 51.5 Å². The van der Waals surface area contributed by atoms with Crippen LogP contribution in [0, 0.1) is 0 Å². The van der Waals surface area contributed by atoms with Crippen molar-refractivity contribution in [3.63, 3.8) is 0 Å². The van der Waals surface area contributed by atoms with Crippen molar-refractivity contribution in [2.75, 3.05) is 24.3 Å². The van der Waals surface area contributed by atoms with Crippen LogP contribution >= 0.6 is 23.1 Å². The van der Waals surface area contributed by atoms with E-state index in [0.717, 1.165) is 0 Å². The lowest BCUT2D eigenvalue weighted by atomic mass is 10.2. The first-order valence-corrected chi connectivity index (χ1v) is 12.3. The summed E-state index contributed by atoms with van der Waals surface area (Å²) in [6, 6.07) is 16.4. The molecule has 7 nitrogen and oxygen atoms in total. The van der Waals surface area contributed by atoms with E-state index in [-0.39, 0.29) is 17.2 Å². The van der Waals surface area contributed by atoms with Gasteiger partial charge in [0.15, 0.2) is 16.7 Å². The van der Waals surface area contributed by atoms with Crippen LogP contribution in [0.5, 0.6) is 11.5 Å². The Balaban J connectivity index is 1.55. The minimum absolute atomic E-state index is 0.0906. The maximum absolute atomic E-state index is 13.1. The lowest BCUT2D eigenvalue weighted by molar-refractivity contribution is -0.113. The Morgan fingerprint density at radius 2 is 1.82 bits per heavy atom. The summed E-state index contributed by atoms with van der Waals surface area (Å²) in [5.74, 6) is 1.08. The molecule has 4 rings (SSSR count). The summed E-state index contributed by atoms with van der Waals surface area (Å²) in [5.41, 5.74) is 1.16. The summed E-state index contributed by atoms with van der Waals surface area (Å²) in [6.45, 7) is 4.80. The van der Waals surface area contributed by atoms with Gasteiger partial charge in [-0.15, -0.1) is 11.3 Å². The van der Waals surface area contributed by atoms with Crippen LogP contribution in [-0.4, -0.2) is 34.4 Å². The number of hydrogen-bond donors (Lipinski definition) is 1. The molecule has 2 aromatic carbocycles. The van der Waals surface area contributed by atoms with Crippen molar-refractivity contribution in [1.82, 2.24) is 9.55 Å². The zero-order chi connectivity index (χ0) is 23.2. The zero-order valence-electron chi connectivity index (χ0n) is 18.2. The second-order valence-electron chi connectivity index (χ2n) is 6.87. The van der Waals surface area contributed by atoms with E-state index in [1.165, 1.54) is 23.1 Å². The number of para-hydroxylation sites is 1. The highest BCUT2D eigenvalue weighted by Crippen LogP contribution is 2.31. The Labute approximate surface area is 199 Å². The van der Waals surface area contributed by atoms with Gasteiger partial charge < -0.3 is 14.8 Å². The molecule has 4 aromatic rings. The van der Waals surface area contributed by atoms with Gasteiger partial charge in [0.05, 0.1) is 30.0 Å². The Bertz CT molecular complexity index is 1320. The number of rotatable bonds is 9. The maximum Gasteiger partial charge on any atom is 0.267 e. The molecule has 0 unspecified atom stereocenters. The average Bonchev–Trinajstić information content (AvgIpc) is 3.29. The fourth-order valence-electron chi connectivity index (χ4n) is 3.25. The lowest BCUT2D eigenvalue weighted by Gasteiger charge is -2.14. The number of thiophene rings is 1. The Hall–Kier alpha value is -3.30. The third-order valence-corrected chi connectivity index (χ3v) is 6.39. The predicted molar refractivity (Wildman–Crippen MR) is 133 cm³/mol. The second-order valence-corrected chi connectivity index (χ2v) is 8.71. The monoisotopic (exact) mass is 481 g/mol. The van der Waals surface area contributed by atoms with Gasteiger partial charge in [0.1, 0.15) is 4.83 Å². The van der Waals surface area contributed by atoms with Gasteiger partial charge in [0.2, 0.25) is 5.91 Å². The first kappa shape index (κ1) is 22.9. The number of ether oxygens (including phenoxy) is 2. The molecule has 0 aliphatic rings. The van der Waals surface area contributed by atoms with Crippen molar-refractivity contribution >= 4 is 44.9 Å². The Morgan fingerprint density at radius 3 is 2.58 bits per heavy atom. The minimum atomic E-state index is -0.216. The summed E-state index contributed by atoms with van der Waals surface area (Å²) in [6.07, 6.45) is 0. The molecule has 1 amide bonds. The smallest absolute Gasteiger partial charge is 0.267 e. The number of aromatic nitrogens is 2. The Morgan fingerprint density at radius 1 is 1.06 bits per heavy atom. The Kier molecular flexibility index (Phi) is 7.31. The van der Waals surface area contributed by atoms with Crippen molar-refractivity contribution in [1.29, 1.82) is 0 Å². The minimum Gasteiger partial charge on any atom is -0.490 e. The highest BCUT2D eigenvalue weighted by molar-refractivity contribution is 7.99. The molecular weight excluding hydrogens is 458 g/mol. The molecule has 33 heavy (non-hydrogen) atoms. The van der Waals surface area contributed by atoms with Gasteiger partial charge >= 0.3 is 0 Å². The number of fused-ring (bicyclic) bond motifs is 1. The number of amides is 1. The largest absolute Gasteiger partial charge is 0.490 e. The first-order valence-electron chi connectivity index (χ1n) is 10.5. The molecule has 170 valence electrons. The van der Waals surface area contributed by atoms with Gasteiger partial charge in [0, 0.05) is 11.8 Å². The van der Waals surface area contributed by atoms with Gasteiger partial charge in [-0.25, -0.2) is 4.98 Å². The first-order chi connectivity index (χ1) is 16.1. The van der Waals surface area contributed by atoms with Crippen LogP contribution in [0.3, 0.4) is 0 Å². The molecule has 2 aromatic heterocycles. The van der Waals surface area contributed by atoms with Crippen molar-refractivity contribution in [2.45, 2.75) is 19.0 Å². The van der Waals surface area contributed by atoms with Crippen LogP contribution in [0.4, 0.5) is 5.69 Å². The van der Waals surface area contributed by atoms with Crippen LogP contribution in [0.25, 0.3) is 15.9 Å². The highest BCUT2D eigenvalue weighted by Gasteiger charge is 2.16. The van der Waals surface area contributed by atoms with E-state index in [2.05, 4.69) is 10.3 Å². The molecule has 0 spiro atoms. The molecule has 0 aliphatic heterocycles. The third-order valence-electron chi connectivity index (χ3n) is 4.64. The number of hydrogen-bond acceptors (Lipinski definition) is 7. The average molecular weight is 482 g/mol. The zero-order valence-corrected chi connectivity index (χ0v) is 19.9. The highest BCUT2D eigenvalue weighted by atomic mass is 32.2. The van der Waals surface area contributed by atoms with Gasteiger partial charge in [-0.1, -0.05) is 30.0 Å². The summed E-state index contributed by atoms with van der Waals surface area (Å²) >= 11 is 2.62. The lowest BCUT2D eigenvalue weighted by Crippen LogP contribution is -2.22. The third kappa shape index (κ3) is 5.20. The summed E-state index contributed by atoms with van der Waals surface area (Å²) in [7, 11) is 0. The van der Waals surface area contributed by atoms with Crippen LogP contribution in [0.15, 0.2) is 69.9 Å². The van der Waals surface area contributed by atoms with E-state index in [1.54, 1.807) is 28.8 Å². The molecule has 0 radical (unpaired) electrons. The number of carbonyl (C=O) groups excluding carboxylic acids is 1. The van der Waals surface area contributed by atoms with E-state index in [4.69, 9.17) is 9.47 Å². The van der Waals surface area contributed by atoms with E-state index in [1.807, 2.05) is 49.6 Å². The summed E-state index contributed by atoms with van der Waals surface area (Å²) < 4.78 is 12.7. The molecule has 0 saturated heterocycles.